The lowest BCUT2D eigenvalue weighted by Gasteiger charge is -2.27. The Kier molecular flexibility index (Phi) is 3.80. The van der Waals surface area contributed by atoms with E-state index in [-0.39, 0.29) is 17.7 Å². The molecule has 2 atom stereocenters. The van der Waals surface area contributed by atoms with E-state index < -0.39 is 0 Å². The first-order chi connectivity index (χ1) is 10.1. The minimum absolute atomic E-state index is 0.00241. The van der Waals surface area contributed by atoms with Crippen molar-refractivity contribution in [1.82, 2.24) is 5.32 Å². The molecule has 1 amide bonds. The number of anilines is 1. The zero-order valence-electron chi connectivity index (χ0n) is 12.1. The number of carbonyl (C=O) groups is 1. The largest absolute Gasteiger partial charge is 0.507 e. The topological polar surface area (TPSA) is 61.4 Å². The Labute approximate surface area is 124 Å². The van der Waals surface area contributed by atoms with Gasteiger partial charge in [0, 0.05) is 16.5 Å². The molecule has 2 aromatic rings. The van der Waals surface area contributed by atoms with Crippen molar-refractivity contribution in [3.63, 3.8) is 0 Å². The summed E-state index contributed by atoms with van der Waals surface area (Å²) in [6.07, 6.45) is 1.98. The number of fused-ring (bicyclic) bond motifs is 1. The number of amides is 1. The van der Waals surface area contributed by atoms with Crippen LogP contribution in [0.1, 0.15) is 19.8 Å². The van der Waals surface area contributed by atoms with Gasteiger partial charge in [-0.25, -0.2) is 0 Å². The molecule has 0 radical (unpaired) electrons. The van der Waals surface area contributed by atoms with Crippen molar-refractivity contribution in [2.45, 2.75) is 25.8 Å². The highest BCUT2D eigenvalue weighted by Gasteiger charge is 2.24. The number of phenols is 1. The standard InChI is InChI=1S/C17H20N2O2/c1-11-8-9-18-15(10-11)17(21)19-14-6-2-5-13-12(14)4-3-7-16(13)20/h2-7,11,15,18,20H,8-10H2,1H3,(H,19,21). The molecule has 3 N–H and O–H groups in total. The molecule has 1 heterocycles. The molecule has 3 rings (SSSR count). The number of carbonyl (C=O) groups excluding carboxylic acids is 1. The van der Waals surface area contributed by atoms with Gasteiger partial charge < -0.3 is 15.7 Å². The summed E-state index contributed by atoms with van der Waals surface area (Å²) in [5, 5.41) is 17.8. The number of nitrogens with one attached hydrogen (secondary N) is 2. The van der Waals surface area contributed by atoms with Crippen LogP contribution in [0.2, 0.25) is 0 Å². The maximum absolute atomic E-state index is 12.4. The Bertz CT molecular complexity index is 669. The molecule has 4 nitrogen and oxygen atoms in total. The van der Waals surface area contributed by atoms with Crippen molar-refractivity contribution in [3.05, 3.63) is 36.4 Å². The highest BCUT2D eigenvalue weighted by Crippen LogP contribution is 2.30. The van der Waals surface area contributed by atoms with Gasteiger partial charge in [-0.05, 0) is 37.4 Å². The molecule has 1 fully saturated rings. The Balaban J connectivity index is 1.85. The van der Waals surface area contributed by atoms with Crippen LogP contribution in [0.3, 0.4) is 0 Å². The summed E-state index contributed by atoms with van der Waals surface area (Å²) in [6, 6.07) is 10.8. The third kappa shape index (κ3) is 2.85. The summed E-state index contributed by atoms with van der Waals surface area (Å²) in [5.74, 6) is 0.795. The number of phenolic OH excluding ortho intramolecular Hbond substituents is 1. The molecule has 21 heavy (non-hydrogen) atoms. The SMILES string of the molecule is CC1CCNC(C(=O)Nc2cccc3c(O)cccc23)C1. The Morgan fingerprint density at radius 2 is 2.00 bits per heavy atom. The van der Waals surface area contributed by atoms with Gasteiger partial charge >= 0.3 is 0 Å². The van der Waals surface area contributed by atoms with Crippen LogP contribution in [0, 0.1) is 5.92 Å². The van der Waals surface area contributed by atoms with Crippen molar-refractivity contribution < 1.29 is 9.90 Å². The van der Waals surface area contributed by atoms with Crippen LogP contribution in [0.25, 0.3) is 10.8 Å². The second-order valence-corrected chi connectivity index (χ2v) is 5.80. The maximum atomic E-state index is 12.4. The van der Waals surface area contributed by atoms with Crippen LogP contribution >= 0.6 is 0 Å². The molecule has 110 valence electrons. The van der Waals surface area contributed by atoms with Crippen LogP contribution in [0.4, 0.5) is 5.69 Å². The molecule has 0 aromatic heterocycles. The lowest BCUT2D eigenvalue weighted by Crippen LogP contribution is -2.45. The third-order valence-electron chi connectivity index (χ3n) is 4.14. The fraction of sp³-hybridized carbons (Fsp3) is 0.353. The fourth-order valence-corrected chi connectivity index (χ4v) is 2.93. The fourth-order valence-electron chi connectivity index (χ4n) is 2.93. The molecule has 0 saturated carbocycles. The number of aromatic hydroxyl groups is 1. The van der Waals surface area contributed by atoms with Crippen molar-refractivity contribution >= 4 is 22.4 Å². The van der Waals surface area contributed by atoms with E-state index in [1.807, 2.05) is 24.3 Å². The van der Waals surface area contributed by atoms with Gasteiger partial charge in [0.05, 0.1) is 6.04 Å². The molecule has 1 aliphatic heterocycles. The zero-order chi connectivity index (χ0) is 14.8. The summed E-state index contributed by atoms with van der Waals surface area (Å²) < 4.78 is 0. The highest BCUT2D eigenvalue weighted by molar-refractivity contribution is 6.05. The normalized spacial score (nSPS) is 22.1. The molecule has 2 aromatic carbocycles. The Morgan fingerprint density at radius 1 is 1.24 bits per heavy atom. The summed E-state index contributed by atoms with van der Waals surface area (Å²) in [5.41, 5.74) is 0.744. The van der Waals surface area contributed by atoms with Gasteiger partial charge in [0.15, 0.2) is 0 Å². The molecule has 1 saturated heterocycles. The minimum atomic E-state index is -0.138. The van der Waals surface area contributed by atoms with Crippen molar-refractivity contribution in [2.75, 3.05) is 11.9 Å². The summed E-state index contributed by atoms with van der Waals surface area (Å²) >= 11 is 0. The summed E-state index contributed by atoms with van der Waals surface area (Å²) in [7, 11) is 0. The van der Waals surface area contributed by atoms with Gasteiger partial charge in [-0.15, -0.1) is 0 Å². The molecule has 2 unspecified atom stereocenters. The van der Waals surface area contributed by atoms with Gasteiger partial charge in [-0.3, -0.25) is 4.79 Å². The van der Waals surface area contributed by atoms with E-state index in [0.717, 1.165) is 35.8 Å². The lowest BCUT2D eigenvalue weighted by molar-refractivity contribution is -0.119. The highest BCUT2D eigenvalue weighted by atomic mass is 16.3. The van der Waals surface area contributed by atoms with Crippen LogP contribution in [-0.4, -0.2) is 23.6 Å². The van der Waals surface area contributed by atoms with E-state index >= 15 is 0 Å². The first-order valence-electron chi connectivity index (χ1n) is 7.40. The number of hydrogen-bond donors (Lipinski definition) is 3. The van der Waals surface area contributed by atoms with Crippen molar-refractivity contribution in [3.8, 4) is 5.75 Å². The van der Waals surface area contributed by atoms with E-state index in [2.05, 4.69) is 17.6 Å². The van der Waals surface area contributed by atoms with Gasteiger partial charge in [0.1, 0.15) is 5.75 Å². The van der Waals surface area contributed by atoms with Crippen LogP contribution in [0.5, 0.6) is 5.75 Å². The van der Waals surface area contributed by atoms with E-state index in [9.17, 15) is 9.90 Å². The second-order valence-electron chi connectivity index (χ2n) is 5.80. The minimum Gasteiger partial charge on any atom is -0.507 e. The van der Waals surface area contributed by atoms with Gasteiger partial charge in [0.25, 0.3) is 0 Å². The van der Waals surface area contributed by atoms with Gasteiger partial charge in [-0.1, -0.05) is 31.2 Å². The molecule has 1 aliphatic rings. The molecular weight excluding hydrogens is 264 g/mol. The third-order valence-corrected chi connectivity index (χ3v) is 4.14. The predicted molar refractivity (Wildman–Crippen MR) is 84.4 cm³/mol. The van der Waals surface area contributed by atoms with Crippen LogP contribution in [-0.2, 0) is 4.79 Å². The first-order valence-corrected chi connectivity index (χ1v) is 7.40. The molecule has 0 spiro atoms. The Morgan fingerprint density at radius 3 is 2.81 bits per heavy atom. The maximum Gasteiger partial charge on any atom is 0.241 e. The van der Waals surface area contributed by atoms with E-state index in [1.165, 1.54) is 0 Å². The molecule has 0 aliphatic carbocycles. The van der Waals surface area contributed by atoms with Crippen LogP contribution < -0.4 is 10.6 Å². The predicted octanol–water partition coefficient (Wildman–Crippen LogP) is 2.87. The van der Waals surface area contributed by atoms with Crippen LogP contribution in [0.15, 0.2) is 36.4 Å². The summed E-state index contributed by atoms with van der Waals surface area (Å²) in [6.45, 7) is 3.06. The molecule has 4 heteroatoms. The average Bonchev–Trinajstić information content (AvgIpc) is 2.48. The number of hydrogen-bond acceptors (Lipinski definition) is 3. The number of piperidine rings is 1. The van der Waals surface area contributed by atoms with E-state index in [0.29, 0.717) is 5.92 Å². The van der Waals surface area contributed by atoms with Crippen molar-refractivity contribution in [1.29, 1.82) is 0 Å². The monoisotopic (exact) mass is 284 g/mol. The number of benzene rings is 2. The summed E-state index contributed by atoms with van der Waals surface area (Å²) in [4.78, 5) is 12.4. The molecule has 0 bridgehead atoms. The lowest BCUT2D eigenvalue weighted by atomic mass is 9.94. The quantitative estimate of drug-likeness (QED) is 0.794. The Hall–Kier alpha value is -2.07. The second kappa shape index (κ2) is 5.74. The average molecular weight is 284 g/mol. The number of rotatable bonds is 2. The smallest absolute Gasteiger partial charge is 0.241 e. The molecular formula is C17H20N2O2. The van der Waals surface area contributed by atoms with E-state index in [1.54, 1.807) is 12.1 Å². The van der Waals surface area contributed by atoms with Crippen molar-refractivity contribution in [2.24, 2.45) is 5.92 Å². The first kappa shape index (κ1) is 13.9. The van der Waals surface area contributed by atoms with Gasteiger partial charge in [-0.2, -0.15) is 0 Å². The zero-order valence-corrected chi connectivity index (χ0v) is 12.1. The van der Waals surface area contributed by atoms with E-state index in [4.69, 9.17) is 0 Å². The van der Waals surface area contributed by atoms with Gasteiger partial charge in [0.2, 0.25) is 5.91 Å².